The Morgan fingerprint density at radius 3 is 2.81 bits per heavy atom. The maximum atomic E-state index is 12.3. The summed E-state index contributed by atoms with van der Waals surface area (Å²) in [4.78, 5) is 17.0. The van der Waals surface area contributed by atoms with Crippen LogP contribution in [0, 0.1) is 0 Å². The molecule has 0 aliphatic heterocycles. The molecule has 142 valence electrons. The summed E-state index contributed by atoms with van der Waals surface area (Å²) in [6.07, 6.45) is 0. The summed E-state index contributed by atoms with van der Waals surface area (Å²) in [5, 5.41) is 4.08. The number of hydrogen-bond donors (Lipinski definition) is 1. The lowest BCUT2D eigenvalue weighted by molar-refractivity contribution is -0.113. The molecule has 8 heteroatoms. The second-order valence-corrected chi connectivity index (χ2v) is 7.06. The molecule has 0 bridgehead atoms. The van der Waals surface area contributed by atoms with Crippen molar-refractivity contribution in [2.45, 2.75) is 11.7 Å². The maximum Gasteiger partial charge on any atom is 0.234 e. The highest BCUT2D eigenvalue weighted by Crippen LogP contribution is 2.28. The second-order valence-electron chi connectivity index (χ2n) is 5.71. The Hall–Kier alpha value is -2.22. The molecule has 27 heavy (non-hydrogen) atoms. The number of anilines is 1. The van der Waals surface area contributed by atoms with Crippen LogP contribution < -0.4 is 10.1 Å². The van der Waals surface area contributed by atoms with Crippen molar-refractivity contribution in [1.29, 1.82) is 0 Å². The zero-order valence-corrected chi connectivity index (χ0v) is 16.6. The third-order valence-corrected chi connectivity index (χ3v) is 5.18. The molecular weight excluding hydrogens is 386 g/mol. The number of hydrogen-bond acceptors (Lipinski definition) is 5. The van der Waals surface area contributed by atoms with Crippen LogP contribution in [0.4, 0.5) is 5.69 Å². The summed E-state index contributed by atoms with van der Waals surface area (Å²) in [6.45, 7) is 1.25. The molecule has 3 aromatic rings. The number of amides is 1. The first-order valence-electron chi connectivity index (χ1n) is 8.32. The number of rotatable bonds is 8. The molecule has 0 atom stereocenters. The molecule has 1 aromatic heterocycles. The number of imidazole rings is 1. The van der Waals surface area contributed by atoms with Gasteiger partial charge in [0.1, 0.15) is 5.75 Å². The highest BCUT2D eigenvalue weighted by atomic mass is 35.5. The minimum Gasteiger partial charge on any atom is -0.495 e. The molecule has 1 heterocycles. The van der Waals surface area contributed by atoms with E-state index in [2.05, 4.69) is 14.9 Å². The average molecular weight is 406 g/mol. The summed E-state index contributed by atoms with van der Waals surface area (Å²) in [7, 11) is 3.21. The Bertz CT molecular complexity index is 945. The fourth-order valence-electron chi connectivity index (χ4n) is 2.63. The van der Waals surface area contributed by atoms with E-state index >= 15 is 0 Å². The maximum absolute atomic E-state index is 12.3. The Morgan fingerprint density at radius 2 is 2.07 bits per heavy atom. The van der Waals surface area contributed by atoms with E-state index in [0.717, 1.165) is 16.2 Å². The fraction of sp³-hybridized carbons (Fsp3) is 0.263. The van der Waals surface area contributed by atoms with Crippen LogP contribution in [0.2, 0.25) is 5.02 Å². The van der Waals surface area contributed by atoms with Crippen molar-refractivity contribution < 1.29 is 14.3 Å². The van der Waals surface area contributed by atoms with E-state index in [1.54, 1.807) is 32.4 Å². The minimum atomic E-state index is -0.133. The van der Waals surface area contributed by atoms with Crippen molar-refractivity contribution in [2.24, 2.45) is 0 Å². The topological polar surface area (TPSA) is 65.4 Å². The van der Waals surface area contributed by atoms with Gasteiger partial charge in [-0.05, 0) is 30.3 Å². The number of benzene rings is 2. The molecule has 1 amide bonds. The first-order chi connectivity index (χ1) is 13.1. The number of para-hydroxylation sites is 2. The number of nitrogens with one attached hydrogen (secondary N) is 1. The first-order valence-corrected chi connectivity index (χ1v) is 9.69. The molecule has 0 aliphatic rings. The van der Waals surface area contributed by atoms with Gasteiger partial charge in [0.25, 0.3) is 0 Å². The molecule has 0 radical (unpaired) electrons. The lowest BCUT2D eigenvalue weighted by atomic mass is 10.3. The quantitative estimate of drug-likeness (QED) is 0.572. The Kier molecular flexibility index (Phi) is 6.60. The third kappa shape index (κ3) is 4.74. The van der Waals surface area contributed by atoms with Gasteiger partial charge in [-0.2, -0.15) is 0 Å². The van der Waals surface area contributed by atoms with Crippen molar-refractivity contribution in [3.05, 3.63) is 47.5 Å². The van der Waals surface area contributed by atoms with Gasteiger partial charge in [0.15, 0.2) is 5.16 Å². The Morgan fingerprint density at radius 1 is 1.26 bits per heavy atom. The van der Waals surface area contributed by atoms with E-state index in [1.165, 1.54) is 11.8 Å². The molecule has 0 unspecified atom stereocenters. The van der Waals surface area contributed by atoms with Crippen molar-refractivity contribution >= 4 is 46.0 Å². The highest BCUT2D eigenvalue weighted by Gasteiger charge is 2.13. The zero-order valence-electron chi connectivity index (χ0n) is 15.1. The molecule has 0 spiro atoms. The van der Waals surface area contributed by atoms with Crippen molar-refractivity contribution in [3.8, 4) is 5.75 Å². The summed E-state index contributed by atoms with van der Waals surface area (Å²) in [6, 6.07) is 13.0. The van der Waals surface area contributed by atoms with Gasteiger partial charge in [0, 0.05) is 19.3 Å². The van der Waals surface area contributed by atoms with Crippen molar-refractivity contribution in [1.82, 2.24) is 9.55 Å². The molecule has 0 fully saturated rings. The van der Waals surface area contributed by atoms with Crippen LogP contribution in [-0.2, 0) is 16.1 Å². The largest absolute Gasteiger partial charge is 0.495 e. The number of nitrogens with zero attached hydrogens (tertiary/aromatic N) is 2. The van der Waals surface area contributed by atoms with E-state index < -0.39 is 0 Å². The number of thioether (sulfide) groups is 1. The molecule has 0 aliphatic carbocycles. The Balaban J connectivity index is 1.68. The van der Waals surface area contributed by atoms with Crippen LogP contribution in [0.1, 0.15) is 0 Å². The number of methoxy groups -OCH3 is 2. The van der Waals surface area contributed by atoms with Gasteiger partial charge < -0.3 is 19.4 Å². The fourth-order valence-corrected chi connectivity index (χ4v) is 3.73. The Labute approximate surface area is 166 Å². The van der Waals surface area contributed by atoms with E-state index in [-0.39, 0.29) is 11.7 Å². The van der Waals surface area contributed by atoms with Crippen LogP contribution in [-0.4, -0.2) is 42.0 Å². The van der Waals surface area contributed by atoms with Gasteiger partial charge >= 0.3 is 0 Å². The number of aromatic nitrogens is 2. The number of ether oxygens (including phenoxy) is 2. The number of carbonyl (C=O) groups is 1. The van der Waals surface area contributed by atoms with Gasteiger partial charge in [-0.3, -0.25) is 4.79 Å². The number of halogens is 1. The van der Waals surface area contributed by atoms with Gasteiger partial charge in [0.2, 0.25) is 5.91 Å². The first kappa shape index (κ1) is 19.5. The molecular formula is C19H20ClN3O3S. The lowest BCUT2D eigenvalue weighted by Crippen LogP contribution is -2.15. The molecule has 6 nitrogen and oxygen atoms in total. The molecule has 2 aromatic carbocycles. The van der Waals surface area contributed by atoms with Gasteiger partial charge in [0.05, 0.1) is 35.5 Å². The SMILES string of the molecule is COCCn1c(SCC(=O)Nc2ccc(OC)c(Cl)c2)nc2ccccc21. The average Bonchev–Trinajstić information content (AvgIpc) is 3.02. The zero-order chi connectivity index (χ0) is 19.2. The molecule has 0 saturated carbocycles. The van der Waals surface area contributed by atoms with Gasteiger partial charge in [-0.15, -0.1) is 0 Å². The smallest absolute Gasteiger partial charge is 0.234 e. The third-order valence-electron chi connectivity index (χ3n) is 3.91. The van der Waals surface area contributed by atoms with Gasteiger partial charge in [-0.25, -0.2) is 4.98 Å². The van der Waals surface area contributed by atoms with Crippen molar-refractivity contribution in [2.75, 3.05) is 31.9 Å². The van der Waals surface area contributed by atoms with E-state index in [1.807, 2.05) is 24.3 Å². The number of fused-ring (bicyclic) bond motifs is 1. The van der Waals surface area contributed by atoms with Crippen LogP contribution in [0.3, 0.4) is 0 Å². The predicted molar refractivity (Wildman–Crippen MR) is 109 cm³/mol. The van der Waals surface area contributed by atoms with E-state index in [9.17, 15) is 4.79 Å². The van der Waals surface area contributed by atoms with E-state index in [0.29, 0.717) is 29.6 Å². The summed E-state index contributed by atoms with van der Waals surface area (Å²) < 4.78 is 12.4. The standard InChI is InChI=1S/C19H20ClN3O3S/c1-25-10-9-23-16-6-4-3-5-15(16)22-19(23)27-12-18(24)21-13-7-8-17(26-2)14(20)11-13/h3-8,11H,9-10,12H2,1-2H3,(H,21,24). The second kappa shape index (κ2) is 9.12. The molecule has 0 saturated heterocycles. The van der Waals surface area contributed by atoms with Crippen LogP contribution >= 0.6 is 23.4 Å². The van der Waals surface area contributed by atoms with Crippen LogP contribution in [0.25, 0.3) is 11.0 Å². The highest BCUT2D eigenvalue weighted by molar-refractivity contribution is 7.99. The summed E-state index contributed by atoms with van der Waals surface area (Å²) in [5.74, 6) is 0.669. The molecule has 3 rings (SSSR count). The number of carbonyl (C=O) groups excluding carboxylic acids is 1. The van der Waals surface area contributed by atoms with Crippen LogP contribution in [0.15, 0.2) is 47.6 Å². The van der Waals surface area contributed by atoms with Crippen molar-refractivity contribution in [3.63, 3.8) is 0 Å². The van der Waals surface area contributed by atoms with E-state index in [4.69, 9.17) is 21.1 Å². The lowest BCUT2D eigenvalue weighted by Gasteiger charge is -2.09. The predicted octanol–water partition coefficient (Wildman–Crippen LogP) is 4.08. The normalized spacial score (nSPS) is 10.9. The summed E-state index contributed by atoms with van der Waals surface area (Å²) in [5.41, 5.74) is 2.55. The molecule has 1 N–H and O–H groups in total. The van der Waals surface area contributed by atoms with Crippen LogP contribution in [0.5, 0.6) is 5.75 Å². The summed E-state index contributed by atoms with van der Waals surface area (Å²) >= 11 is 7.48. The van der Waals surface area contributed by atoms with Gasteiger partial charge in [-0.1, -0.05) is 35.5 Å². The minimum absolute atomic E-state index is 0.133. The monoisotopic (exact) mass is 405 g/mol.